The van der Waals surface area contributed by atoms with Gasteiger partial charge in [0.05, 0.1) is 12.6 Å². The van der Waals surface area contributed by atoms with E-state index in [1.165, 1.54) is 10.4 Å². The van der Waals surface area contributed by atoms with Crippen LogP contribution in [0.15, 0.2) is 11.4 Å². The number of amides is 1. The Morgan fingerprint density at radius 1 is 1.53 bits per heavy atom. The molecule has 0 unspecified atom stereocenters. The number of likely N-dealkylation sites (tertiary alicyclic amines) is 1. The third kappa shape index (κ3) is 2.43. The molecule has 1 N–H and O–H groups in total. The quantitative estimate of drug-likeness (QED) is 0.923. The summed E-state index contributed by atoms with van der Waals surface area (Å²) in [6, 6.07) is 2.20. The summed E-state index contributed by atoms with van der Waals surface area (Å²) in [5, 5.41) is 11.5. The summed E-state index contributed by atoms with van der Waals surface area (Å²) in [5.74, 6) is 0.884. The molecule has 2 aliphatic rings. The Kier molecular flexibility index (Phi) is 3.63. The Bertz CT molecular complexity index is 470. The van der Waals surface area contributed by atoms with Crippen molar-refractivity contribution in [3.63, 3.8) is 0 Å². The van der Waals surface area contributed by atoms with Gasteiger partial charge in [-0.3, -0.25) is 4.79 Å². The van der Waals surface area contributed by atoms with Crippen LogP contribution in [0.5, 0.6) is 0 Å². The van der Waals surface area contributed by atoms with Gasteiger partial charge < -0.3 is 10.0 Å². The maximum Gasteiger partial charge on any atom is 0.226 e. The van der Waals surface area contributed by atoms with Gasteiger partial charge >= 0.3 is 0 Å². The summed E-state index contributed by atoms with van der Waals surface area (Å²) in [4.78, 5) is 15.9. The van der Waals surface area contributed by atoms with E-state index in [0.717, 1.165) is 32.2 Å². The summed E-state index contributed by atoms with van der Waals surface area (Å²) in [6.45, 7) is 3.07. The Labute approximate surface area is 118 Å². The van der Waals surface area contributed by atoms with E-state index in [4.69, 9.17) is 0 Å². The van der Waals surface area contributed by atoms with E-state index in [1.807, 2.05) is 4.90 Å². The average Bonchev–Trinajstić information content (AvgIpc) is 3.12. The Morgan fingerprint density at radius 3 is 3.05 bits per heavy atom. The molecule has 3 nitrogen and oxygen atoms in total. The summed E-state index contributed by atoms with van der Waals surface area (Å²) in [5.41, 5.74) is 1.32. The van der Waals surface area contributed by atoms with Crippen molar-refractivity contribution in [1.82, 2.24) is 4.90 Å². The van der Waals surface area contributed by atoms with Gasteiger partial charge in [0.25, 0.3) is 0 Å². The number of aliphatic hydroxyl groups excluding tert-OH is 1. The second-order valence-electron chi connectivity index (χ2n) is 5.78. The van der Waals surface area contributed by atoms with Gasteiger partial charge in [0, 0.05) is 23.3 Å². The maximum absolute atomic E-state index is 12.6. The molecule has 0 aromatic carbocycles. The fourth-order valence-electron chi connectivity index (χ4n) is 3.22. The third-order valence-electron chi connectivity index (χ3n) is 4.47. The maximum atomic E-state index is 12.6. The highest BCUT2D eigenvalue weighted by molar-refractivity contribution is 7.10. The number of hydrogen-bond acceptors (Lipinski definition) is 3. The molecule has 3 atom stereocenters. The van der Waals surface area contributed by atoms with Crippen LogP contribution >= 0.6 is 11.3 Å². The number of carbonyl (C=O) groups excluding carboxylic acids is 1. The number of thiophene rings is 1. The molecule has 19 heavy (non-hydrogen) atoms. The molecule has 4 heteroatoms. The molecule has 1 aliphatic heterocycles. The van der Waals surface area contributed by atoms with Gasteiger partial charge in [-0.1, -0.05) is 0 Å². The predicted molar refractivity (Wildman–Crippen MR) is 76.3 cm³/mol. The first-order valence-electron chi connectivity index (χ1n) is 7.17. The van der Waals surface area contributed by atoms with E-state index >= 15 is 0 Å². The van der Waals surface area contributed by atoms with E-state index in [2.05, 4.69) is 18.4 Å². The van der Waals surface area contributed by atoms with Crippen molar-refractivity contribution in [3.05, 3.63) is 21.9 Å². The standard InChI is InChI=1S/C15H21NO2S/c1-10-5-7-19-14(10)12-8-13(12)15(18)16-6-3-2-4-11(16)9-17/h5,7,11-13,17H,2-4,6,8-9H2,1H3/t11-,12-,13+/m1/s1. The van der Waals surface area contributed by atoms with Gasteiger partial charge in [-0.25, -0.2) is 0 Å². The number of aliphatic hydroxyl groups is 1. The molecule has 1 aliphatic carbocycles. The molecule has 2 heterocycles. The van der Waals surface area contributed by atoms with Crippen molar-refractivity contribution in [3.8, 4) is 0 Å². The predicted octanol–water partition coefficient (Wildman–Crippen LogP) is 2.53. The Balaban J connectivity index is 1.67. The highest BCUT2D eigenvalue weighted by Crippen LogP contribution is 2.51. The highest BCUT2D eigenvalue weighted by atomic mass is 32.1. The molecular formula is C15H21NO2S. The molecule has 0 radical (unpaired) electrons. The lowest BCUT2D eigenvalue weighted by Crippen LogP contribution is -2.46. The molecule has 1 aromatic rings. The van der Waals surface area contributed by atoms with Crippen molar-refractivity contribution in [2.24, 2.45) is 5.92 Å². The molecular weight excluding hydrogens is 258 g/mol. The van der Waals surface area contributed by atoms with Gasteiger partial charge in [0.15, 0.2) is 0 Å². The molecule has 1 amide bonds. The minimum atomic E-state index is 0.0620. The Morgan fingerprint density at radius 2 is 2.37 bits per heavy atom. The molecule has 1 saturated heterocycles. The summed E-state index contributed by atoms with van der Waals surface area (Å²) in [7, 11) is 0. The third-order valence-corrected chi connectivity index (χ3v) is 5.62. The van der Waals surface area contributed by atoms with Crippen molar-refractivity contribution in [2.45, 2.75) is 44.6 Å². The molecule has 1 saturated carbocycles. The smallest absolute Gasteiger partial charge is 0.226 e. The number of hydrogen-bond donors (Lipinski definition) is 1. The van der Waals surface area contributed by atoms with Crippen LogP contribution < -0.4 is 0 Å². The molecule has 0 spiro atoms. The second-order valence-corrected chi connectivity index (χ2v) is 6.73. The van der Waals surface area contributed by atoms with E-state index in [9.17, 15) is 9.90 Å². The molecule has 2 fully saturated rings. The minimum absolute atomic E-state index is 0.0620. The van der Waals surface area contributed by atoms with Crippen LogP contribution in [-0.4, -0.2) is 35.1 Å². The SMILES string of the molecule is Cc1ccsc1[C@@H]1C[C@@H]1C(=O)N1CCCC[C@@H]1CO. The second kappa shape index (κ2) is 5.25. The van der Waals surface area contributed by atoms with Crippen LogP contribution in [0.1, 0.15) is 42.0 Å². The number of piperidine rings is 1. The van der Waals surface area contributed by atoms with E-state index in [-0.39, 0.29) is 24.5 Å². The number of nitrogens with zero attached hydrogens (tertiary/aromatic N) is 1. The lowest BCUT2D eigenvalue weighted by Gasteiger charge is -2.35. The number of aryl methyl sites for hydroxylation is 1. The lowest BCUT2D eigenvalue weighted by molar-refractivity contribution is -0.137. The first kappa shape index (κ1) is 13.1. The van der Waals surface area contributed by atoms with Crippen LogP contribution in [0, 0.1) is 12.8 Å². The average molecular weight is 279 g/mol. The highest BCUT2D eigenvalue weighted by Gasteiger charge is 2.48. The number of carbonyl (C=O) groups is 1. The minimum Gasteiger partial charge on any atom is -0.394 e. The van der Waals surface area contributed by atoms with E-state index in [0.29, 0.717) is 5.92 Å². The normalized spacial score (nSPS) is 30.4. The van der Waals surface area contributed by atoms with Crippen molar-refractivity contribution in [2.75, 3.05) is 13.2 Å². The van der Waals surface area contributed by atoms with Crippen molar-refractivity contribution < 1.29 is 9.90 Å². The van der Waals surface area contributed by atoms with Gasteiger partial charge in [-0.2, -0.15) is 0 Å². The first-order valence-corrected chi connectivity index (χ1v) is 8.05. The summed E-state index contributed by atoms with van der Waals surface area (Å²) >= 11 is 1.77. The van der Waals surface area contributed by atoms with Crippen LogP contribution in [0.4, 0.5) is 0 Å². The zero-order valence-electron chi connectivity index (χ0n) is 11.3. The Hall–Kier alpha value is -0.870. The first-order chi connectivity index (χ1) is 9.22. The molecule has 3 rings (SSSR count). The van der Waals surface area contributed by atoms with Crippen LogP contribution in [-0.2, 0) is 4.79 Å². The zero-order valence-corrected chi connectivity index (χ0v) is 12.2. The van der Waals surface area contributed by atoms with Crippen LogP contribution in [0.25, 0.3) is 0 Å². The van der Waals surface area contributed by atoms with Crippen molar-refractivity contribution >= 4 is 17.2 Å². The van der Waals surface area contributed by atoms with Crippen LogP contribution in [0.2, 0.25) is 0 Å². The van der Waals surface area contributed by atoms with Gasteiger partial charge in [-0.05, 0) is 49.6 Å². The zero-order chi connectivity index (χ0) is 13.4. The summed E-state index contributed by atoms with van der Waals surface area (Å²) < 4.78 is 0. The largest absolute Gasteiger partial charge is 0.394 e. The van der Waals surface area contributed by atoms with E-state index in [1.54, 1.807) is 11.3 Å². The lowest BCUT2D eigenvalue weighted by atomic mass is 10.0. The molecule has 1 aromatic heterocycles. The number of rotatable bonds is 3. The van der Waals surface area contributed by atoms with Gasteiger partial charge in [-0.15, -0.1) is 11.3 Å². The monoisotopic (exact) mass is 279 g/mol. The van der Waals surface area contributed by atoms with Gasteiger partial charge in [0.1, 0.15) is 0 Å². The van der Waals surface area contributed by atoms with Gasteiger partial charge in [0.2, 0.25) is 5.91 Å². The molecule has 104 valence electrons. The van der Waals surface area contributed by atoms with E-state index < -0.39 is 0 Å². The van der Waals surface area contributed by atoms with Crippen molar-refractivity contribution in [1.29, 1.82) is 0 Å². The van der Waals surface area contributed by atoms with Crippen LogP contribution in [0.3, 0.4) is 0 Å². The fraction of sp³-hybridized carbons (Fsp3) is 0.667. The summed E-state index contributed by atoms with van der Waals surface area (Å²) in [6.07, 6.45) is 4.16. The molecule has 0 bridgehead atoms. The topological polar surface area (TPSA) is 40.5 Å². The fourth-order valence-corrected chi connectivity index (χ4v) is 4.32.